The van der Waals surface area contributed by atoms with Gasteiger partial charge in [0.1, 0.15) is 5.75 Å². The Kier molecular flexibility index (Phi) is 7.60. The maximum Gasteiger partial charge on any atom is 0.323 e. The number of anilines is 2. The number of nitrogens with one attached hydrogen (secondary N) is 2. The highest BCUT2D eigenvalue weighted by Gasteiger charge is 2.14. The molecule has 3 aromatic carbocycles. The molecule has 4 rings (SSSR count). The molecule has 0 aliphatic heterocycles. The minimum atomic E-state index is -0.816. The largest absolute Gasteiger partial charge is 0.495 e. The summed E-state index contributed by atoms with van der Waals surface area (Å²) in [5, 5.41) is 22.7. The van der Waals surface area contributed by atoms with Crippen molar-refractivity contribution in [3.63, 3.8) is 0 Å². The Morgan fingerprint density at radius 3 is 2.39 bits per heavy atom. The summed E-state index contributed by atoms with van der Waals surface area (Å²) in [5.74, 6) is 0.409. The van der Waals surface area contributed by atoms with Crippen molar-refractivity contribution < 1.29 is 23.8 Å². The Bertz CT molecular complexity index is 1360. The molecule has 0 atom stereocenters. The van der Waals surface area contributed by atoms with E-state index in [1.807, 2.05) is 55.5 Å². The standard InChI is InChI=1S/C27H26N4O5/c1-17-5-3-4-6-21(17)28-27(34)29-22-13-12-20(16-23(22)35-2)26-31-30-24(36-26)15-19-9-7-18(8-10-19)11-14-25(32)33/h3-10,12-13,16H,11,14-15H2,1-2H3,(H,32,33)(H2,28,29,34). The van der Waals surface area contributed by atoms with Crippen molar-refractivity contribution in [2.24, 2.45) is 0 Å². The first-order chi connectivity index (χ1) is 17.4. The number of para-hydroxylation sites is 1. The molecule has 1 heterocycles. The molecule has 0 bridgehead atoms. The third kappa shape index (κ3) is 6.26. The highest BCUT2D eigenvalue weighted by Crippen LogP contribution is 2.31. The van der Waals surface area contributed by atoms with E-state index in [0.717, 1.165) is 22.4 Å². The number of benzene rings is 3. The maximum absolute atomic E-state index is 12.5. The van der Waals surface area contributed by atoms with Crippen LogP contribution >= 0.6 is 0 Å². The van der Waals surface area contributed by atoms with Gasteiger partial charge < -0.3 is 24.9 Å². The number of carbonyl (C=O) groups is 2. The van der Waals surface area contributed by atoms with Crippen LogP contribution < -0.4 is 15.4 Å². The van der Waals surface area contributed by atoms with E-state index in [0.29, 0.717) is 41.6 Å². The van der Waals surface area contributed by atoms with Crippen LogP contribution in [0, 0.1) is 6.92 Å². The topological polar surface area (TPSA) is 127 Å². The quantitative estimate of drug-likeness (QED) is 0.293. The van der Waals surface area contributed by atoms with Crippen molar-refractivity contribution in [1.82, 2.24) is 10.2 Å². The predicted octanol–water partition coefficient (Wildman–Crippen LogP) is 5.31. The van der Waals surface area contributed by atoms with Crippen molar-refractivity contribution in [3.8, 4) is 17.2 Å². The Labute approximate surface area is 208 Å². The molecule has 36 heavy (non-hydrogen) atoms. The van der Waals surface area contributed by atoms with Gasteiger partial charge in [-0.3, -0.25) is 4.79 Å². The Balaban J connectivity index is 1.41. The number of amides is 2. The zero-order chi connectivity index (χ0) is 25.5. The number of hydrogen-bond donors (Lipinski definition) is 3. The van der Waals surface area contributed by atoms with Crippen LogP contribution in [0.25, 0.3) is 11.5 Å². The molecule has 0 unspecified atom stereocenters. The van der Waals surface area contributed by atoms with Crippen LogP contribution in [0.2, 0.25) is 0 Å². The van der Waals surface area contributed by atoms with Crippen LogP contribution in [-0.2, 0) is 17.6 Å². The molecule has 1 aromatic heterocycles. The highest BCUT2D eigenvalue weighted by atomic mass is 16.5. The highest BCUT2D eigenvalue weighted by molar-refractivity contribution is 6.01. The van der Waals surface area contributed by atoms with Gasteiger partial charge in [0, 0.05) is 17.7 Å². The Morgan fingerprint density at radius 2 is 1.67 bits per heavy atom. The molecule has 0 saturated heterocycles. The Morgan fingerprint density at radius 1 is 0.944 bits per heavy atom. The lowest BCUT2D eigenvalue weighted by atomic mass is 10.1. The van der Waals surface area contributed by atoms with Gasteiger partial charge in [-0.1, -0.05) is 42.5 Å². The minimum absolute atomic E-state index is 0.0987. The first-order valence-electron chi connectivity index (χ1n) is 11.4. The van der Waals surface area contributed by atoms with E-state index in [9.17, 15) is 9.59 Å². The van der Waals surface area contributed by atoms with Gasteiger partial charge in [-0.05, 0) is 54.3 Å². The first kappa shape index (κ1) is 24.5. The number of ether oxygens (including phenoxy) is 1. The second-order valence-electron chi connectivity index (χ2n) is 8.20. The molecule has 4 aromatic rings. The molecule has 0 radical (unpaired) electrons. The van der Waals surface area contributed by atoms with Crippen LogP contribution in [0.1, 0.15) is 29.0 Å². The lowest BCUT2D eigenvalue weighted by Crippen LogP contribution is -2.20. The number of carboxylic acid groups (broad SMARTS) is 1. The van der Waals surface area contributed by atoms with Gasteiger partial charge in [-0.15, -0.1) is 10.2 Å². The van der Waals surface area contributed by atoms with Gasteiger partial charge in [0.05, 0.1) is 19.2 Å². The zero-order valence-corrected chi connectivity index (χ0v) is 19.9. The monoisotopic (exact) mass is 486 g/mol. The molecule has 9 heteroatoms. The number of aliphatic carboxylic acids is 1. The van der Waals surface area contributed by atoms with Gasteiger partial charge in [-0.2, -0.15) is 0 Å². The summed E-state index contributed by atoms with van der Waals surface area (Å²) in [6.45, 7) is 1.92. The van der Waals surface area contributed by atoms with E-state index in [-0.39, 0.29) is 12.5 Å². The van der Waals surface area contributed by atoms with Crippen molar-refractivity contribution in [1.29, 1.82) is 0 Å². The Hall–Kier alpha value is -4.66. The van der Waals surface area contributed by atoms with E-state index in [1.165, 1.54) is 7.11 Å². The summed E-state index contributed by atoms with van der Waals surface area (Å²) in [7, 11) is 1.52. The number of nitrogens with zero attached hydrogens (tertiary/aromatic N) is 2. The van der Waals surface area contributed by atoms with E-state index >= 15 is 0 Å². The molecule has 9 nitrogen and oxygen atoms in total. The number of methoxy groups -OCH3 is 1. The smallest absolute Gasteiger partial charge is 0.323 e. The number of aromatic nitrogens is 2. The molecular formula is C27H26N4O5. The summed E-state index contributed by atoms with van der Waals surface area (Å²) in [5.41, 5.74) is 4.76. The summed E-state index contributed by atoms with van der Waals surface area (Å²) >= 11 is 0. The second kappa shape index (κ2) is 11.2. The number of hydrogen-bond acceptors (Lipinski definition) is 6. The summed E-state index contributed by atoms with van der Waals surface area (Å²) in [6.07, 6.45) is 1.03. The van der Waals surface area contributed by atoms with E-state index in [4.69, 9.17) is 14.3 Å². The molecule has 0 aliphatic rings. The van der Waals surface area contributed by atoms with E-state index in [2.05, 4.69) is 20.8 Å². The van der Waals surface area contributed by atoms with Crippen molar-refractivity contribution in [2.75, 3.05) is 17.7 Å². The summed E-state index contributed by atoms with van der Waals surface area (Å²) in [4.78, 5) is 23.2. The van der Waals surface area contributed by atoms with Gasteiger partial charge in [0.2, 0.25) is 11.8 Å². The summed E-state index contributed by atoms with van der Waals surface area (Å²) in [6, 6.07) is 20.0. The second-order valence-corrected chi connectivity index (χ2v) is 8.20. The molecule has 0 aliphatic carbocycles. The van der Waals surface area contributed by atoms with Crippen molar-refractivity contribution >= 4 is 23.4 Å². The number of carbonyl (C=O) groups excluding carboxylic acids is 1. The fraction of sp³-hybridized carbons (Fsp3) is 0.185. The van der Waals surface area contributed by atoms with Crippen molar-refractivity contribution in [2.45, 2.75) is 26.2 Å². The van der Waals surface area contributed by atoms with Crippen molar-refractivity contribution in [3.05, 3.63) is 89.3 Å². The van der Waals surface area contributed by atoms with Crippen LogP contribution in [-0.4, -0.2) is 34.4 Å². The van der Waals surface area contributed by atoms with E-state index < -0.39 is 5.97 Å². The van der Waals surface area contributed by atoms with Gasteiger partial charge in [0.15, 0.2) is 0 Å². The molecule has 0 fully saturated rings. The third-order valence-corrected chi connectivity index (χ3v) is 5.56. The zero-order valence-electron chi connectivity index (χ0n) is 19.9. The number of urea groups is 1. The fourth-order valence-electron chi connectivity index (χ4n) is 3.61. The minimum Gasteiger partial charge on any atom is -0.495 e. The maximum atomic E-state index is 12.5. The van der Waals surface area contributed by atoms with Crippen LogP contribution in [0.15, 0.2) is 71.1 Å². The van der Waals surface area contributed by atoms with Crippen LogP contribution in [0.5, 0.6) is 5.75 Å². The number of aryl methyl sites for hydroxylation is 2. The van der Waals surface area contributed by atoms with Gasteiger partial charge in [-0.25, -0.2) is 4.79 Å². The number of carboxylic acids is 1. The van der Waals surface area contributed by atoms with Crippen LogP contribution in [0.3, 0.4) is 0 Å². The average Bonchev–Trinajstić information content (AvgIpc) is 3.33. The molecule has 0 saturated carbocycles. The first-order valence-corrected chi connectivity index (χ1v) is 11.4. The van der Waals surface area contributed by atoms with Gasteiger partial charge in [0.25, 0.3) is 0 Å². The molecule has 0 spiro atoms. The SMILES string of the molecule is COc1cc(-c2nnc(Cc3ccc(CCC(=O)O)cc3)o2)ccc1NC(=O)Nc1ccccc1C. The molecular weight excluding hydrogens is 460 g/mol. The van der Waals surface area contributed by atoms with Crippen LogP contribution in [0.4, 0.5) is 16.2 Å². The lowest BCUT2D eigenvalue weighted by molar-refractivity contribution is -0.136. The van der Waals surface area contributed by atoms with Gasteiger partial charge >= 0.3 is 12.0 Å². The predicted molar refractivity (Wildman–Crippen MR) is 135 cm³/mol. The van der Waals surface area contributed by atoms with E-state index in [1.54, 1.807) is 18.2 Å². The summed E-state index contributed by atoms with van der Waals surface area (Å²) < 4.78 is 11.3. The number of rotatable bonds is 9. The molecule has 3 N–H and O–H groups in total. The third-order valence-electron chi connectivity index (χ3n) is 5.56. The average molecular weight is 487 g/mol. The molecule has 2 amide bonds. The fourth-order valence-corrected chi connectivity index (χ4v) is 3.61. The lowest BCUT2D eigenvalue weighted by Gasteiger charge is -2.13. The normalized spacial score (nSPS) is 10.6. The molecule has 184 valence electrons.